The third kappa shape index (κ3) is 5.44. The molecule has 0 radical (unpaired) electrons. The molecule has 0 spiro atoms. The summed E-state index contributed by atoms with van der Waals surface area (Å²) in [5, 5.41) is 23.3. The van der Waals surface area contributed by atoms with Crippen molar-refractivity contribution in [3.8, 4) is 0 Å². The molecule has 0 saturated carbocycles. The second-order valence-corrected chi connectivity index (χ2v) is 7.17. The largest absolute Gasteiger partial charge is 0.472 e. The Labute approximate surface area is 165 Å². The molecule has 6 nitrogen and oxygen atoms in total. The quantitative estimate of drug-likeness (QED) is 0.542. The average Bonchev–Trinajstić information content (AvgIpc) is 2.72. The first-order chi connectivity index (χ1) is 13.5. The summed E-state index contributed by atoms with van der Waals surface area (Å²) in [6, 6.07) is 17.1. The van der Waals surface area contributed by atoms with E-state index in [1.807, 2.05) is 42.5 Å². The van der Waals surface area contributed by atoms with Gasteiger partial charge in [-0.05, 0) is 36.0 Å². The van der Waals surface area contributed by atoms with E-state index in [0.717, 1.165) is 18.4 Å². The number of rotatable bonds is 7. The van der Waals surface area contributed by atoms with Gasteiger partial charge in [0.25, 0.3) is 0 Å². The maximum Gasteiger partial charge on any atom is 0.472 e. The number of nitrogens with one attached hydrogen (secondary N) is 2. The smallest absolute Gasteiger partial charge is 0.426 e. The molecule has 0 fully saturated rings. The Bertz CT molecular complexity index is 813. The lowest BCUT2D eigenvalue weighted by atomic mass is 9.83. The number of benzene rings is 2. The van der Waals surface area contributed by atoms with Gasteiger partial charge in [0.2, 0.25) is 11.8 Å². The molecule has 2 atom stereocenters. The highest BCUT2D eigenvalue weighted by Gasteiger charge is 2.27. The summed E-state index contributed by atoms with van der Waals surface area (Å²) in [6.07, 6.45) is 2.15. The summed E-state index contributed by atoms with van der Waals surface area (Å²) in [4.78, 5) is 25.1. The van der Waals surface area contributed by atoms with Crippen molar-refractivity contribution in [3.63, 3.8) is 0 Å². The molecule has 0 aliphatic heterocycles. The summed E-state index contributed by atoms with van der Waals surface area (Å²) in [7, 11) is -1.60. The van der Waals surface area contributed by atoms with E-state index in [9.17, 15) is 9.59 Å². The molecule has 2 aromatic rings. The molecule has 2 amide bonds. The maximum absolute atomic E-state index is 12.9. The molecule has 0 aromatic heterocycles. The van der Waals surface area contributed by atoms with Crippen LogP contribution in [-0.4, -0.2) is 35.4 Å². The zero-order valence-electron chi connectivity index (χ0n) is 15.7. The number of fused-ring (bicyclic) bond motifs is 1. The summed E-state index contributed by atoms with van der Waals surface area (Å²) in [6.45, 7) is 0. The minimum atomic E-state index is -1.60. The van der Waals surface area contributed by atoms with Crippen molar-refractivity contribution in [1.82, 2.24) is 10.6 Å². The van der Waals surface area contributed by atoms with E-state index in [0.29, 0.717) is 6.42 Å². The standard InChI is InChI=1S/C21H25BN2O4/c25-20(23-14-22(27)28)13-19(16-7-2-1-3-8-16)24-21(26)18-11-10-15-6-4-5-9-17(15)12-18/h1-9,18-19,27-28H,10-14H2,(H,23,25)(H,24,26). The van der Waals surface area contributed by atoms with Crippen LogP contribution < -0.4 is 10.6 Å². The van der Waals surface area contributed by atoms with Gasteiger partial charge in [-0.15, -0.1) is 0 Å². The van der Waals surface area contributed by atoms with Gasteiger partial charge in [-0.2, -0.15) is 0 Å². The Morgan fingerprint density at radius 3 is 2.43 bits per heavy atom. The maximum atomic E-state index is 12.9. The van der Waals surface area contributed by atoms with Crippen LogP contribution in [0.1, 0.15) is 35.6 Å². The zero-order valence-corrected chi connectivity index (χ0v) is 15.7. The number of hydrogen-bond donors (Lipinski definition) is 4. The van der Waals surface area contributed by atoms with Gasteiger partial charge in [0.05, 0.1) is 18.9 Å². The van der Waals surface area contributed by atoms with Crippen LogP contribution in [0.4, 0.5) is 0 Å². The number of amides is 2. The Balaban J connectivity index is 1.67. The molecular formula is C21H25BN2O4. The molecule has 4 N–H and O–H groups in total. The van der Waals surface area contributed by atoms with Crippen LogP contribution in [0.3, 0.4) is 0 Å². The van der Waals surface area contributed by atoms with Gasteiger partial charge in [0.1, 0.15) is 0 Å². The fourth-order valence-electron chi connectivity index (χ4n) is 3.61. The molecule has 146 valence electrons. The summed E-state index contributed by atoms with van der Waals surface area (Å²) in [5.74, 6) is -0.530. The minimum Gasteiger partial charge on any atom is -0.426 e. The summed E-state index contributed by atoms with van der Waals surface area (Å²) in [5.41, 5.74) is 3.35. The van der Waals surface area contributed by atoms with Gasteiger partial charge < -0.3 is 20.7 Å². The molecule has 0 saturated heterocycles. The Kier molecular flexibility index (Phi) is 6.84. The van der Waals surface area contributed by atoms with Gasteiger partial charge in [-0.3, -0.25) is 9.59 Å². The second-order valence-electron chi connectivity index (χ2n) is 7.17. The molecule has 1 aliphatic carbocycles. The van der Waals surface area contributed by atoms with E-state index in [1.54, 1.807) is 0 Å². The lowest BCUT2D eigenvalue weighted by Gasteiger charge is -2.26. The van der Waals surface area contributed by atoms with Crippen molar-refractivity contribution in [3.05, 3.63) is 71.3 Å². The molecule has 2 unspecified atom stereocenters. The number of carbonyl (C=O) groups is 2. The lowest BCUT2D eigenvalue weighted by Crippen LogP contribution is -2.40. The number of hydrogen-bond acceptors (Lipinski definition) is 4. The molecular weight excluding hydrogens is 355 g/mol. The summed E-state index contributed by atoms with van der Waals surface area (Å²) >= 11 is 0. The van der Waals surface area contributed by atoms with Gasteiger partial charge in [0.15, 0.2) is 0 Å². The molecule has 2 aromatic carbocycles. The van der Waals surface area contributed by atoms with Gasteiger partial charge in [0, 0.05) is 5.92 Å². The first-order valence-electron chi connectivity index (χ1n) is 9.58. The first-order valence-corrected chi connectivity index (χ1v) is 9.58. The van der Waals surface area contributed by atoms with E-state index in [-0.39, 0.29) is 30.6 Å². The normalized spacial score (nSPS) is 16.6. The molecule has 0 bridgehead atoms. The third-order valence-electron chi connectivity index (χ3n) is 5.11. The van der Waals surface area contributed by atoms with Crippen molar-refractivity contribution in [2.24, 2.45) is 5.92 Å². The van der Waals surface area contributed by atoms with Crippen LogP contribution in [0.25, 0.3) is 0 Å². The van der Waals surface area contributed by atoms with Crippen LogP contribution in [0, 0.1) is 5.92 Å². The third-order valence-corrected chi connectivity index (χ3v) is 5.11. The molecule has 28 heavy (non-hydrogen) atoms. The fraction of sp³-hybridized carbons (Fsp3) is 0.333. The van der Waals surface area contributed by atoms with E-state index >= 15 is 0 Å². The SMILES string of the molecule is O=C(CC(NC(=O)C1CCc2ccccc2C1)c1ccccc1)NCB(O)O. The number of carbonyl (C=O) groups excluding carboxylic acids is 2. The summed E-state index contributed by atoms with van der Waals surface area (Å²) < 4.78 is 0. The van der Waals surface area contributed by atoms with Gasteiger partial charge in [-0.25, -0.2) is 0 Å². The van der Waals surface area contributed by atoms with Crippen molar-refractivity contribution < 1.29 is 19.6 Å². The molecule has 3 rings (SSSR count). The van der Waals surface area contributed by atoms with Crippen molar-refractivity contribution in [2.75, 3.05) is 6.44 Å². The van der Waals surface area contributed by atoms with E-state index < -0.39 is 13.2 Å². The Hall–Kier alpha value is -2.64. The van der Waals surface area contributed by atoms with Crippen LogP contribution >= 0.6 is 0 Å². The van der Waals surface area contributed by atoms with Crippen LogP contribution in [0.5, 0.6) is 0 Å². The van der Waals surface area contributed by atoms with Crippen LogP contribution in [0.15, 0.2) is 54.6 Å². The predicted molar refractivity (Wildman–Crippen MR) is 107 cm³/mol. The molecule has 7 heteroatoms. The average molecular weight is 380 g/mol. The lowest BCUT2D eigenvalue weighted by molar-refractivity contribution is -0.126. The van der Waals surface area contributed by atoms with Gasteiger partial charge >= 0.3 is 7.12 Å². The zero-order chi connectivity index (χ0) is 19.9. The van der Waals surface area contributed by atoms with Crippen molar-refractivity contribution >= 4 is 18.9 Å². The van der Waals surface area contributed by atoms with E-state index in [4.69, 9.17) is 10.0 Å². The highest BCUT2D eigenvalue weighted by atomic mass is 16.4. The first kappa shape index (κ1) is 20.1. The molecule has 1 aliphatic rings. The highest BCUT2D eigenvalue weighted by molar-refractivity contribution is 6.41. The van der Waals surface area contributed by atoms with Crippen LogP contribution in [-0.2, 0) is 22.4 Å². The predicted octanol–water partition coefficient (Wildman–Crippen LogP) is 1.17. The minimum absolute atomic E-state index is 0.0335. The Morgan fingerprint density at radius 1 is 1.04 bits per heavy atom. The fourth-order valence-corrected chi connectivity index (χ4v) is 3.61. The van der Waals surface area contributed by atoms with E-state index in [1.165, 1.54) is 11.1 Å². The van der Waals surface area contributed by atoms with Gasteiger partial charge in [-0.1, -0.05) is 54.6 Å². The Morgan fingerprint density at radius 2 is 1.71 bits per heavy atom. The second kappa shape index (κ2) is 9.53. The molecule has 0 heterocycles. The van der Waals surface area contributed by atoms with Crippen molar-refractivity contribution in [2.45, 2.75) is 31.7 Å². The van der Waals surface area contributed by atoms with Crippen molar-refractivity contribution in [1.29, 1.82) is 0 Å². The topological polar surface area (TPSA) is 98.7 Å². The number of aryl methyl sites for hydroxylation is 1. The highest BCUT2D eigenvalue weighted by Crippen LogP contribution is 2.26. The van der Waals surface area contributed by atoms with Crippen LogP contribution in [0.2, 0.25) is 0 Å². The van der Waals surface area contributed by atoms with E-state index in [2.05, 4.69) is 22.8 Å². The monoisotopic (exact) mass is 380 g/mol.